The van der Waals surface area contributed by atoms with E-state index in [1.165, 1.54) is 49.3 Å². The monoisotopic (exact) mass is 259 g/mol. The predicted octanol–water partition coefficient (Wildman–Crippen LogP) is 2.18. The lowest BCUT2D eigenvalue weighted by molar-refractivity contribution is 0.195. The molecule has 0 spiro atoms. The minimum absolute atomic E-state index is 0.643. The molecule has 1 saturated heterocycles. The number of fused-ring (bicyclic) bond motifs is 1. The third-order valence-corrected chi connectivity index (χ3v) is 4.49. The van der Waals surface area contributed by atoms with E-state index in [2.05, 4.69) is 47.3 Å². The van der Waals surface area contributed by atoms with Crippen LogP contribution in [0.15, 0.2) is 18.2 Å². The number of benzene rings is 1. The summed E-state index contributed by atoms with van der Waals surface area (Å²) >= 11 is 0. The summed E-state index contributed by atoms with van der Waals surface area (Å²) in [7, 11) is 2.24. The molecule has 0 radical (unpaired) electrons. The quantitative estimate of drug-likeness (QED) is 0.878. The smallest absolute Gasteiger partial charge is 0.0419 e. The van der Waals surface area contributed by atoms with Gasteiger partial charge in [-0.1, -0.05) is 18.2 Å². The minimum atomic E-state index is 0.643. The molecular weight excluding hydrogens is 234 g/mol. The molecule has 2 aliphatic heterocycles. The third-order valence-electron chi connectivity index (χ3n) is 4.49. The Morgan fingerprint density at radius 1 is 1.32 bits per heavy atom. The van der Waals surface area contributed by atoms with Crippen molar-refractivity contribution in [1.82, 2.24) is 9.80 Å². The number of nitrogens with zero attached hydrogens (tertiary/aromatic N) is 2. The summed E-state index contributed by atoms with van der Waals surface area (Å²) in [5.74, 6) is 0. The summed E-state index contributed by atoms with van der Waals surface area (Å²) in [4.78, 5) is 5.09. The largest absolute Gasteiger partial charge is 0.384 e. The molecule has 104 valence electrons. The summed E-state index contributed by atoms with van der Waals surface area (Å²) in [6.07, 6.45) is 2.46. The fourth-order valence-corrected chi connectivity index (χ4v) is 3.42. The highest BCUT2D eigenvalue weighted by molar-refractivity contribution is 5.61. The van der Waals surface area contributed by atoms with Gasteiger partial charge in [0.2, 0.25) is 0 Å². The van der Waals surface area contributed by atoms with E-state index in [1.807, 2.05) is 0 Å². The first-order chi connectivity index (χ1) is 9.24. The van der Waals surface area contributed by atoms with Crippen LogP contribution in [0, 0.1) is 0 Å². The molecule has 2 heterocycles. The number of para-hydroxylation sites is 1. The standard InChI is InChI=1S/C16H25N3/c1-13-11-18(2)9-4-10-19(13)12-15-6-3-5-14-7-8-17-16(14)15/h3,5-6,13,17H,4,7-12H2,1-2H3. The van der Waals surface area contributed by atoms with Gasteiger partial charge in [0.05, 0.1) is 0 Å². The Kier molecular flexibility index (Phi) is 3.76. The molecule has 3 nitrogen and oxygen atoms in total. The second-order valence-electron chi connectivity index (χ2n) is 6.06. The Balaban J connectivity index is 1.76. The molecule has 0 saturated carbocycles. The van der Waals surface area contributed by atoms with Gasteiger partial charge in [0.1, 0.15) is 0 Å². The first-order valence-electron chi connectivity index (χ1n) is 7.51. The fraction of sp³-hybridized carbons (Fsp3) is 0.625. The third kappa shape index (κ3) is 2.77. The molecule has 19 heavy (non-hydrogen) atoms. The molecule has 3 rings (SSSR count). The van der Waals surface area contributed by atoms with E-state index in [0.29, 0.717) is 6.04 Å². The van der Waals surface area contributed by atoms with Gasteiger partial charge in [0.15, 0.2) is 0 Å². The molecule has 0 bridgehead atoms. The lowest BCUT2D eigenvalue weighted by atomic mass is 10.1. The van der Waals surface area contributed by atoms with Crippen LogP contribution in [0.2, 0.25) is 0 Å². The lowest BCUT2D eigenvalue weighted by Crippen LogP contribution is -2.37. The van der Waals surface area contributed by atoms with Gasteiger partial charge in [-0.25, -0.2) is 0 Å². The predicted molar refractivity (Wildman–Crippen MR) is 80.6 cm³/mol. The molecule has 1 aromatic rings. The molecule has 0 amide bonds. The number of hydrogen-bond donors (Lipinski definition) is 1. The zero-order valence-electron chi connectivity index (χ0n) is 12.2. The number of hydrogen-bond acceptors (Lipinski definition) is 3. The number of likely N-dealkylation sites (N-methyl/N-ethyl adjacent to an activating group) is 1. The molecule has 1 aromatic carbocycles. The molecule has 1 fully saturated rings. The molecule has 1 N–H and O–H groups in total. The second kappa shape index (κ2) is 5.51. The fourth-order valence-electron chi connectivity index (χ4n) is 3.42. The van der Waals surface area contributed by atoms with Crippen LogP contribution in [0.1, 0.15) is 24.5 Å². The van der Waals surface area contributed by atoms with Crippen molar-refractivity contribution in [1.29, 1.82) is 0 Å². The Labute approximate surface area is 116 Å². The van der Waals surface area contributed by atoms with Gasteiger partial charge in [-0.05, 0) is 44.5 Å². The first-order valence-corrected chi connectivity index (χ1v) is 7.51. The Morgan fingerprint density at radius 2 is 2.21 bits per heavy atom. The molecule has 3 heteroatoms. The van der Waals surface area contributed by atoms with Gasteiger partial charge in [-0.3, -0.25) is 4.90 Å². The van der Waals surface area contributed by atoms with Gasteiger partial charge in [-0.2, -0.15) is 0 Å². The van der Waals surface area contributed by atoms with Gasteiger partial charge in [-0.15, -0.1) is 0 Å². The van der Waals surface area contributed by atoms with Crippen molar-refractivity contribution >= 4 is 5.69 Å². The van der Waals surface area contributed by atoms with E-state index in [4.69, 9.17) is 0 Å². The molecule has 0 aromatic heterocycles. The summed E-state index contributed by atoms with van der Waals surface area (Å²) in [6, 6.07) is 7.41. The van der Waals surface area contributed by atoms with Crippen LogP contribution in [-0.4, -0.2) is 49.1 Å². The van der Waals surface area contributed by atoms with E-state index in [-0.39, 0.29) is 0 Å². The van der Waals surface area contributed by atoms with Crippen LogP contribution < -0.4 is 5.32 Å². The SMILES string of the molecule is CC1CN(C)CCCN1Cc1cccc2c1NCC2. The lowest BCUT2D eigenvalue weighted by Gasteiger charge is -2.28. The van der Waals surface area contributed by atoms with Crippen molar-refractivity contribution < 1.29 is 0 Å². The average molecular weight is 259 g/mol. The van der Waals surface area contributed by atoms with Crippen molar-refractivity contribution in [2.75, 3.05) is 38.5 Å². The maximum Gasteiger partial charge on any atom is 0.0419 e. The molecule has 1 atom stereocenters. The molecule has 2 aliphatic rings. The maximum absolute atomic E-state index is 3.56. The number of nitrogens with one attached hydrogen (secondary N) is 1. The van der Waals surface area contributed by atoms with Crippen molar-refractivity contribution in [3.05, 3.63) is 29.3 Å². The van der Waals surface area contributed by atoms with Crippen LogP contribution >= 0.6 is 0 Å². The number of rotatable bonds is 2. The molecule has 1 unspecified atom stereocenters. The van der Waals surface area contributed by atoms with Gasteiger partial charge < -0.3 is 10.2 Å². The molecular formula is C16H25N3. The normalized spacial score (nSPS) is 24.8. The highest BCUT2D eigenvalue weighted by Gasteiger charge is 2.22. The van der Waals surface area contributed by atoms with Crippen molar-refractivity contribution in [3.63, 3.8) is 0 Å². The zero-order chi connectivity index (χ0) is 13.2. The maximum atomic E-state index is 3.56. The summed E-state index contributed by atoms with van der Waals surface area (Å²) in [6.45, 7) is 8.18. The minimum Gasteiger partial charge on any atom is -0.384 e. The average Bonchev–Trinajstić information content (AvgIpc) is 2.80. The van der Waals surface area contributed by atoms with Crippen LogP contribution in [0.5, 0.6) is 0 Å². The van der Waals surface area contributed by atoms with Crippen LogP contribution in [0.4, 0.5) is 5.69 Å². The Morgan fingerprint density at radius 3 is 3.11 bits per heavy atom. The van der Waals surface area contributed by atoms with E-state index in [1.54, 1.807) is 0 Å². The Bertz CT molecular complexity index is 444. The van der Waals surface area contributed by atoms with Crippen molar-refractivity contribution in [2.24, 2.45) is 0 Å². The second-order valence-corrected chi connectivity index (χ2v) is 6.06. The molecule has 0 aliphatic carbocycles. The van der Waals surface area contributed by atoms with E-state index in [9.17, 15) is 0 Å². The summed E-state index contributed by atoms with van der Waals surface area (Å²) < 4.78 is 0. The van der Waals surface area contributed by atoms with Gasteiger partial charge in [0, 0.05) is 37.9 Å². The van der Waals surface area contributed by atoms with E-state index >= 15 is 0 Å². The zero-order valence-corrected chi connectivity index (χ0v) is 12.2. The van der Waals surface area contributed by atoms with E-state index in [0.717, 1.165) is 13.1 Å². The summed E-state index contributed by atoms with van der Waals surface area (Å²) in [5.41, 5.74) is 4.38. The topological polar surface area (TPSA) is 18.5 Å². The van der Waals surface area contributed by atoms with E-state index < -0.39 is 0 Å². The van der Waals surface area contributed by atoms with Gasteiger partial charge >= 0.3 is 0 Å². The number of anilines is 1. The Hall–Kier alpha value is -1.06. The highest BCUT2D eigenvalue weighted by Crippen LogP contribution is 2.28. The van der Waals surface area contributed by atoms with Crippen LogP contribution in [0.25, 0.3) is 0 Å². The van der Waals surface area contributed by atoms with Crippen molar-refractivity contribution in [3.8, 4) is 0 Å². The highest BCUT2D eigenvalue weighted by atomic mass is 15.2. The first kappa shape index (κ1) is 12.9. The van der Waals surface area contributed by atoms with Crippen LogP contribution in [-0.2, 0) is 13.0 Å². The van der Waals surface area contributed by atoms with Crippen molar-refractivity contribution in [2.45, 2.75) is 32.4 Å². The summed E-state index contributed by atoms with van der Waals surface area (Å²) in [5, 5.41) is 3.56. The van der Waals surface area contributed by atoms with Gasteiger partial charge in [0.25, 0.3) is 0 Å². The van der Waals surface area contributed by atoms with Crippen LogP contribution in [0.3, 0.4) is 0 Å².